The van der Waals surface area contributed by atoms with E-state index in [0.717, 1.165) is 38.6 Å². The maximum atomic E-state index is 8.94. The Hall–Kier alpha value is -0.590. The quantitative estimate of drug-likeness (QED) is 0.580. The zero-order valence-electron chi connectivity index (χ0n) is 11.5. The Labute approximate surface area is 106 Å². The zero-order chi connectivity index (χ0) is 12.7. The van der Waals surface area contributed by atoms with Gasteiger partial charge in [-0.15, -0.1) is 0 Å². The van der Waals surface area contributed by atoms with Crippen LogP contribution in [0.5, 0.6) is 0 Å². The second-order valence-electron chi connectivity index (χ2n) is 5.71. The van der Waals surface area contributed by atoms with Gasteiger partial charge in [-0.2, -0.15) is 5.26 Å². The predicted octanol–water partition coefficient (Wildman–Crippen LogP) is 2.82. The van der Waals surface area contributed by atoms with E-state index in [4.69, 9.17) is 10.00 Å². The number of rotatable bonds is 9. The minimum Gasteiger partial charge on any atom is -0.383 e. The van der Waals surface area contributed by atoms with Gasteiger partial charge in [0.25, 0.3) is 0 Å². The Kier molecular flexibility index (Phi) is 5.94. The lowest BCUT2D eigenvalue weighted by Gasteiger charge is -2.22. The lowest BCUT2D eigenvalue weighted by atomic mass is 9.89. The fraction of sp³-hybridized carbons (Fsp3) is 0.929. The van der Waals surface area contributed by atoms with Crippen LogP contribution < -0.4 is 0 Å². The van der Waals surface area contributed by atoms with Crippen LogP contribution in [0.25, 0.3) is 0 Å². The van der Waals surface area contributed by atoms with E-state index in [1.807, 2.05) is 13.8 Å². The van der Waals surface area contributed by atoms with Crippen LogP contribution in [-0.2, 0) is 4.74 Å². The molecule has 3 heteroatoms. The molecule has 17 heavy (non-hydrogen) atoms. The van der Waals surface area contributed by atoms with Crippen molar-refractivity contribution in [3.63, 3.8) is 0 Å². The summed E-state index contributed by atoms with van der Waals surface area (Å²) < 4.78 is 5.14. The van der Waals surface area contributed by atoms with E-state index in [1.165, 1.54) is 19.3 Å². The van der Waals surface area contributed by atoms with Crippen molar-refractivity contribution in [2.45, 2.75) is 52.0 Å². The summed E-state index contributed by atoms with van der Waals surface area (Å²) in [4.78, 5) is 2.54. The molecule has 0 aliphatic heterocycles. The van der Waals surface area contributed by atoms with Crippen molar-refractivity contribution < 1.29 is 4.74 Å². The highest BCUT2D eigenvalue weighted by Gasteiger charge is 2.28. The summed E-state index contributed by atoms with van der Waals surface area (Å²) in [5.41, 5.74) is -0.156. The highest BCUT2D eigenvalue weighted by Crippen LogP contribution is 2.27. The standard InChI is InChI=1S/C14H26N2O/c1-14(2,12-15)8-4-5-9-16(10-11-17-3)13-6-7-13/h13H,4-11H2,1-3H3. The number of hydrogen-bond acceptors (Lipinski definition) is 3. The van der Waals surface area contributed by atoms with Gasteiger partial charge in [0.1, 0.15) is 0 Å². The summed E-state index contributed by atoms with van der Waals surface area (Å²) in [6, 6.07) is 3.18. The van der Waals surface area contributed by atoms with Gasteiger partial charge in [-0.25, -0.2) is 0 Å². The van der Waals surface area contributed by atoms with Gasteiger partial charge in [-0.3, -0.25) is 4.90 Å². The van der Waals surface area contributed by atoms with E-state index in [-0.39, 0.29) is 5.41 Å². The summed E-state index contributed by atoms with van der Waals surface area (Å²) in [5, 5.41) is 8.94. The highest BCUT2D eigenvalue weighted by atomic mass is 16.5. The molecule has 0 amide bonds. The summed E-state index contributed by atoms with van der Waals surface area (Å²) in [6.45, 7) is 7.10. The lowest BCUT2D eigenvalue weighted by Crippen LogP contribution is -2.30. The lowest BCUT2D eigenvalue weighted by molar-refractivity contribution is 0.141. The average molecular weight is 238 g/mol. The molecule has 0 atom stereocenters. The summed E-state index contributed by atoms with van der Waals surface area (Å²) in [5.74, 6) is 0. The van der Waals surface area contributed by atoms with Crippen molar-refractivity contribution in [2.24, 2.45) is 5.41 Å². The molecule has 0 aromatic carbocycles. The molecule has 0 N–H and O–H groups in total. The maximum absolute atomic E-state index is 8.94. The maximum Gasteiger partial charge on any atom is 0.0683 e. The van der Waals surface area contributed by atoms with Crippen LogP contribution in [0.2, 0.25) is 0 Å². The smallest absolute Gasteiger partial charge is 0.0683 e. The largest absolute Gasteiger partial charge is 0.383 e. The Morgan fingerprint density at radius 1 is 1.29 bits per heavy atom. The third-order valence-corrected chi connectivity index (χ3v) is 3.45. The Bertz CT molecular complexity index is 253. The molecule has 0 unspecified atom stereocenters. The molecule has 1 aliphatic carbocycles. The first-order chi connectivity index (χ1) is 8.09. The number of hydrogen-bond donors (Lipinski definition) is 0. The van der Waals surface area contributed by atoms with E-state index < -0.39 is 0 Å². The van der Waals surface area contributed by atoms with E-state index >= 15 is 0 Å². The number of methoxy groups -OCH3 is 1. The third-order valence-electron chi connectivity index (χ3n) is 3.45. The Morgan fingerprint density at radius 3 is 2.53 bits per heavy atom. The number of nitrogens with zero attached hydrogens (tertiary/aromatic N) is 2. The van der Waals surface area contributed by atoms with E-state index in [0.29, 0.717) is 0 Å². The number of ether oxygens (including phenoxy) is 1. The molecular weight excluding hydrogens is 212 g/mol. The van der Waals surface area contributed by atoms with Crippen molar-refractivity contribution in [1.29, 1.82) is 5.26 Å². The van der Waals surface area contributed by atoms with Crippen molar-refractivity contribution in [3.05, 3.63) is 0 Å². The Balaban J connectivity index is 2.12. The van der Waals surface area contributed by atoms with Crippen LogP contribution in [0.3, 0.4) is 0 Å². The first-order valence-corrected chi connectivity index (χ1v) is 6.73. The molecule has 0 aromatic rings. The van der Waals surface area contributed by atoms with Crippen molar-refractivity contribution in [1.82, 2.24) is 4.90 Å². The van der Waals surface area contributed by atoms with Crippen LogP contribution >= 0.6 is 0 Å². The molecule has 3 nitrogen and oxygen atoms in total. The number of unbranched alkanes of at least 4 members (excludes halogenated alkanes) is 1. The summed E-state index contributed by atoms with van der Waals surface area (Å²) in [6.07, 6.45) is 6.06. The molecular formula is C14H26N2O. The molecule has 0 saturated heterocycles. The van der Waals surface area contributed by atoms with Crippen LogP contribution in [-0.4, -0.2) is 37.7 Å². The molecule has 98 valence electrons. The second-order valence-corrected chi connectivity index (χ2v) is 5.71. The van der Waals surface area contributed by atoms with Crippen LogP contribution in [0, 0.1) is 16.7 Å². The zero-order valence-corrected chi connectivity index (χ0v) is 11.5. The van der Waals surface area contributed by atoms with E-state index in [9.17, 15) is 0 Å². The minimum atomic E-state index is -0.156. The van der Waals surface area contributed by atoms with Gasteiger partial charge in [0.2, 0.25) is 0 Å². The fourth-order valence-corrected chi connectivity index (χ4v) is 2.06. The van der Waals surface area contributed by atoms with Crippen molar-refractivity contribution in [2.75, 3.05) is 26.8 Å². The van der Waals surface area contributed by atoms with Crippen LogP contribution in [0.1, 0.15) is 46.0 Å². The van der Waals surface area contributed by atoms with Gasteiger partial charge < -0.3 is 4.74 Å². The molecule has 0 spiro atoms. The predicted molar refractivity (Wildman–Crippen MR) is 69.7 cm³/mol. The topological polar surface area (TPSA) is 36.3 Å². The van der Waals surface area contributed by atoms with Crippen molar-refractivity contribution in [3.8, 4) is 6.07 Å². The highest BCUT2D eigenvalue weighted by molar-refractivity contribution is 4.91. The molecule has 1 rings (SSSR count). The average Bonchev–Trinajstić information content (AvgIpc) is 3.12. The molecule has 0 bridgehead atoms. The van der Waals surface area contributed by atoms with Crippen LogP contribution in [0.15, 0.2) is 0 Å². The molecule has 0 radical (unpaired) electrons. The third kappa shape index (κ3) is 6.05. The van der Waals surface area contributed by atoms with Crippen molar-refractivity contribution >= 4 is 0 Å². The van der Waals surface area contributed by atoms with Crippen LogP contribution in [0.4, 0.5) is 0 Å². The Morgan fingerprint density at radius 2 is 2.00 bits per heavy atom. The molecule has 0 heterocycles. The second kappa shape index (κ2) is 6.98. The SMILES string of the molecule is COCCN(CCCCC(C)(C)C#N)C1CC1. The summed E-state index contributed by atoms with van der Waals surface area (Å²) in [7, 11) is 1.76. The molecule has 1 aliphatic rings. The number of nitriles is 1. The fourth-order valence-electron chi connectivity index (χ4n) is 2.06. The van der Waals surface area contributed by atoms with E-state index in [1.54, 1.807) is 7.11 Å². The molecule has 1 fully saturated rings. The first kappa shape index (κ1) is 14.5. The van der Waals surface area contributed by atoms with E-state index in [2.05, 4.69) is 11.0 Å². The molecule has 0 aromatic heterocycles. The van der Waals surface area contributed by atoms with Gasteiger partial charge in [0.05, 0.1) is 18.1 Å². The minimum absolute atomic E-state index is 0.156. The first-order valence-electron chi connectivity index (χ1n) is 6.73. The van der Waals surface area contributed by atoms with Gasteiger partial charge in [-0.05, 0) is 46.1 Å². The monoisotopic (exact) mass is 238 g/mol. The van der Waals surface area contributed by atoms with Gasteiger partial charge in [-0.1, -0.05) is 6.42 Å². The summed E-state index contributed by atoms with van der Waals surface area (Å²) >= 11 is 0. The van der Waals surface area contributed by atoms with Gasteiger partial charge in [0, 0.05) is 19.7 Å². The van der Waals surface area contributed by atoms with Gasteiger partial charge >= 0.3 is 0 Å². The normalized spacial score (nSPS) is 16.2. The van der Waals surface area contributed by atoms with Gasteiger partial charge in [0.15, 0.2) is 0 Å². The molecule has 1 saturated carbocycles.